The van der Waals surface area contributed by atoms with Gasteiger partial charge in [-0.25, -0.2) is 0 Å². The fourth-order valence-corrected chi connectivity index (χ4v) is 1.79. The lowest BCUT2D eigenvalue weighted by atomic mass is 9.80. The van der Waals surface area contributed by atoms with Crippen LogP contribution in [-0.2, 0) is 0 Å². The van der Waals surface area contributed by atoms with Gasteiger partial charge in [-0.1, -0.05) is 20.8 Å². The Morgan fingerprint density at radius 1 is 1.17 bits per heavy atom. The lowest BCUT2D eigenvalue weighted by molar-refractivity contribution is 0.175. The minimum atomic E-state index is 0.139. The molecule has 2 nitrogen and oxygen atoms in total. The standard InChI is InChI=1S/C10H18O2/c1-6(2)8-5-4-7(3)9(11)10(8)12/h6-8,11-12H,4-5H2,1-3H3. The number of hydrogen-bond donors (Lipinski definition) is 2. The number of hydrogen-bond acceptors (Lipinski definition) is 2. The Morgan fingerprint density at radius 2 is 1.75 bits per heavy atom. The van der Waals surface area contributed by atoms with Crippen molar-refractivity contribution in [1.82, 2.24) is 0 Å². The third-order valence-corrected chi connectivity index (χ3v) is 2.80. The minimum Gasteiger partial charge on any atom is -0.509 e. The van der Waals surface area contributed by atoms with Crippen molar-refractivity contribution in [2.24, 2.45) is 17.8 Å². The molecule has 0 aliphatic heterocycles. The van der Waals surface area contributed by atoms with Gasteiger partial charge in [-0.05, 0) is 18.8 Å². The number of aliphatic hydroxyl groups excluding tert-OH is 2. The molecule has 0 bridgehead atoms. The second-order valence-corrected chi connectivity index (χ2v) is 4.10. The lowest BCUT2D eigenvalue weighted by Crippen LogP contribution is -2.21. The monoisotopic (exact) mass is 170 g/mol. The van der Waals surface area contributed by atoms with Crippen molar-refractivity contribution >= 4 is 0 Å². The van der Waals surface area contributed by atoms with Gasteiger partial charge in [0.2, 0.25) is 0 Å². The summed E-state index contributed by atoms with van der Waals surface area (Å²) in [5, 5.41) is 19.1. The maximum absolute atomic E-state index is 9.61. The first-order chi connectivity index (χ1) is 5.54. The first-order valence-corrected chi connectivity index (χ1v) is 4.66. The zero-order valence-electron chi connectivity index (χ0n) is 8.04. The van der Waals surface area contributed by atoms with E-state index in [0.717, 1.165) is 12.8 Å². The van der Waals surface area contributed by atoms with E-state index in [0.29, 0.717) is 5.92 Å². The molecule has 1 aliphatic carbocycles. The summed E-state index contributed by atoms with van der Waals surface area (Å²) >= 11 is 0. The zero-order chi connectivity index (χ0) is 9.30. The molecule has 0 heterocycles. The molecule has 70 valence electrons. The molecule has 0 aromatic carbocycles. The predicted molar refractivity (Wildman–Crippen MR) is 49.0 cm³/mol. The van der Waals surface area contributed by atoms with Crippen LogP contribution in [0.1, 0.15) is 33.6 Å². The third-order valence-electron chi connectivity index (χ3n) is 2.80. The lowest BCUT2D eigenvalue weighted by Gasteiger charge is -2.28. The summed E-state index contributed by atoms with van der Waals surface area (Å²) < 4.78 is 0. The fraction of sp³-hybridized carbons (Fsp3) is 0.800. The largest absolute Gasteiger partial charge is 0.509 e. The summed E-state index contributed by atoms with van der Waals surface area (Å²) in [6.45, 7) is 6.09. The Hall–Kier alpha value is -0.660. The van der Waals surface area contributed by atoms with E-state index in [1.54, 1.807) is 0 Å². The van der Waals surface area contributed by atoms with E-state index < -0.39 is 0 Å². The molecule has 1 rings (SSSR count). The molecule has 12 heavy (non-hydrogen) atoms. The highest BCUT2D eigenvalue weighted by Gasteiger charge is 2.28. The Bertz CT molecular complexity index is 194. The number of allylic oxidation sites excluding steroid dienone is 2. The Balaban J connectivity index is 2.83. The molecule has 0 aromatic heterocycles. The third kappa shape index (κ3) is 1.57. The molecule has 2 unspecified atom stereocenters. The van der Waals surface area contributed by atoms with Crippen LogP contribution in [0.3, 0.4) is 0 Å². The van der Waals surface area contributed by atoms with Crippen LogP contribution in [0, 0.1) is 17.8 Å². The summed E-state index contributed by atoms with van der Waals surface area (Å²) in [6, 6.07) is 0. The van der Waals surface area contributed by atoms with Crippen LogP contribution >= 0.6 is 0 Å². The molecular weight excluding hydrogens is 152 g/mol. The average molecular weight is 170 g/mol. The van der Waals surface area contributed by atoms with Crippen molar-refractivity contribution < 1.29 is 10.2 Å². The summed E-state index contributed by atoms with van der Waals surface area (Å²) in [4.78, 5) is 0. The second-order valence-electron chi connectivity index (χ2n) is 4.10. The van der Waals surface area contributed by atoms with Crippen molar-refractivity contribution in [3.05, 3.63) is 11.5 Å². The van der Waals surface area contributed by atoms with E-state index in [2.05, 4.69) is 13.8 Å². The average Bonchev–Trinajstić information content (AvgIpc) is 2.00. The number of rotatable bonds is 1. The summed E-state index contributed by atoms with van der Waals surface area (Å²) in [7, 11) is 0. The zero-order valence-corrected chi connectivity index (χ0v) is 8.04. The fourth-order valence-electron chi connectivity index (χ4n) is 1.79. The first-order valence-electron chi connectivity index (χ1n) is 4.66. The summed E-state index contributed by atoms with van der Waals surface area (Å²) in [6.07, 6.45) is 1.98. The molecule has 0 radical (unpaired) electrons. The van der Waals surface area contributed by atoms with Crippen molar-refractivity contribution in [1.29, 1.82) is 0 Å². The van der Waals surface area contributed by atoms with Crippen LogP contribution in [0.2, 0.25) is 0 Å². The predicted octanol–water partition coefficient (Wildman–Crippen LogP) is 3.02. The molecule has 0 spiro atoms. The van der Waals surface area contributed by atoms with Gasteiger partial charge in [0.25, 0.3) is 0 Å². The topological polar surface area (TPSA) is 40.5 Å². The summed E-state index contributed by atoms with van der Waals surface area (Å²) in [5.41, 5.74) is 0. The normalized spacial score (nSPS) is 31.3. The minimum absolute atomic E-state index is 0.139. The quantitative estimate of drug-likeness (QED) is 0.635. The van der Waals surface area contributed by atoms with Crippen LogP contribution in [0.4, 0.5) is 0 Å². The van der Waals surface area contributed by atoms with Crippen molar-refractivity contribution in [3.63, 3.8) is 0 Å². The van der Waals surface area contributed by atoms with Gasteiger partial charge in [0, 0.05) is 11.8 Å². The molecule has 0 aromatic rings. The van der Waals surface area contributed by atoms with E-state index in [1.165, 1.54) is 0 Å². The van der Waals surface area contributed by atoms with Crippen molar-refractivity contribution in [2.45, 2.75) is 33.6 Å². The molecule has 1 aliphatic rings. The molecule has 2 N–H and O–H groups in total. The van der Waals surface area contributed by atoms with Crippen LogP contribution in [0.15, 0.2) is 11.5 Å². The molecule has 2 atom stereocenters. The van der Waals surface area contributed by atoms with E-state index in [-0.39, 0.29) is 23.4 Å². The molecule has 0 amide bonds. The van der Waals surface area contributed by atoms with E-state index in [4.69, 9.17) is 0 Å². The van der Waals surface area contributed by atoms with E-state index in [9.17, 15) is 10.2 Å². The highest BCUT2D eigenvalue weighted by Crippen LogP contribution is 2.35. The van der Waals surface area contributed by atoms with Gasteiger partial charge in [-0.15, -0.1) is 0 Å². The Labute approximate surface area is 73.9 Å². The molecular formula is C10H18O2. The highest BCUT2D eigenvalue weighted by molar-refractivity contribution is 5.10. The molecule has 0 fully saturated rings. The van der Waals surface area contributed by atoms with Crippen LogP contribution in [-0.4, -0.2) is 10.2 Å². The van der Waals surface area contributed by atoms with E-state index >= 15 is 0 Å². The van der Waals surface area contributed by atoms with Gasteiger partial charge in [0.05, 0.1) is 0 Å². The maximum atomic E-state index is 9.61. The van der Waals surface area contributed by atoms with E-state index in [1.807, 2.05) is 6.92 Å². The molecule has 0 saturated heterocycles. The Kier molecular flexibility index (Phi) is 2.65. The van der Waals surface area contributed by atoms with Crippen LogP contribution in [0.25, 0.3) is 0 Å². The van der Waals surface area contributed by atoms with Crippen LogP contribution in [0.5, 0.6) is 0 Å². The van der Waals surface area contributed by atoms with Gasteiger partial charge in [-0.3, -0.25) is 0 Å². The highest BCUT2D eigenvalue weighted by atomic mass is 16.3. The first kappa shape index (κ1) is 9.43. The Morgan fingerprint density at radius 3 is 2.25 bits per heavy atom. The van der Waals surface area contributed by atoms with Gasteiger partial charge >= 0.3 is 0 Å². The maximum Gasteiger partial charge on any atom is 0.133 e. The van der Waals surface area contributed by atoms with Crippen molar-refractivity contribution in [2.75, 3.05) is 0 Å². The van der Waals surface area contributed by atoms with Crippen molar-refractivity contribution in [3.8, 4) is 0 Å². The van der Waals surface area contributed by atoms with Crippen LogP contribution < -0.4 is 0 Å². The van der Waals surface area contributed by atoms with Gasteiger partial charge < -0.3 is 10.2 Å². The summed E-state index contributed by atoms with van der Waals surface area (Å²) in [5.74, 6) is 1.16. The van der Waals surface area contributed by atoms with Gasteiger partial charge in [-0.2, -0.15) is 0 Å². The van der Waals surface area contributed by atoms with Gasteiger partial charge in [0.1, 0.15) is 11.5 Å². The number of aliphatic hydroxyl groups is 2. The SMILES string of the molecule is CC1CCC(C(C)C)C(O)=C1O. The van der Waals surface area contributed by atoms with Gasteiger partial charge in [0.15, 0.2) is 0 Å². The molecule has 2 heteroatoms. The molecule has 0 saturated carbocycles. The smallest absolute Gasteiger partial charge is 0.133 e. The second kappa shape index (κ2) is 3.38.